The molecule has 1 aromatic rings. The fourth-order valence-electron chi connectivity index (χ4n) is 2.79. The molecule has 1 aliphatic rings. The van der Waals surface area contributed by atoms with Crippen LogP contribution in [0.3, 0.4) is 0 Å². The Morgan fingerprint density at radius 3 is 2.40 bits per heavy atom. The number of alkyl halides is 4. The van der Waals surface area contributed by atoms with E-state index in [-0.39, 0.29) is 24.1 Å². The fraction of sp³-hybridized carbons (Fsp3) is 0.667. The first kappa shape index (κ1) is 15.6. The van der Waals surface area contributed by atoms with Gasteiger partial charge in [-0.05, 0) is 50.2 Å². The smallest absolute Gasteiger partial charge is 0.261 e. The monoisotopic (exact) mass is 305 g/mol. The number of rotatable bonds is 3. The van der Waals surface area contributed by atoms with Crippen molar-refractivity contribution in [1.82, 2.24) is 4.98 Å². The van der Waals surface area contributed by atoms with Crippen molar-refractivity contribution in [1.29, 1.82) is 0 Å². The van der Waals surface area contributed by atoms with Crippen molar-refractivity contribution in [3.8, 4) is 0 Å². The maximum atomic E-state index is 12.6. The van der Waals surface area contributed by atoms with Gasteiger partial charge in [0.1, 0.15) is 0 Å². The highest BCUT2D eigenvalue weighted by atomic mass is 35.5. The van der Waals surface area contributed by atoms with Crippen LogP contribution in [0.4, 0.5) is 13.2 Å². The molecule has 1 atom stereocenters. The Morgan fingerprint density at radius 1 is 1.25 bits per heavy atom. The summed E-state index contributed by atoms with van der Waals surface area (Å²) >= 11 is 6.37. The summed E-state index contributed by atoms with van der Waals surface area (Å²) in [5.41, 5.74) is 2.00. The predicted molar refractivity (Wildman–Crippen MR) is 73.8 cm³/mol. The highest BCUT2D eigenvalue weighted by Crippen LogP contribution is 2.41. The van der Waals surface area contributed by atoms with Crippen molar-refractivity contribution in [3.63, 3.8) is 0 Å². The number of nitrogens with zero attached hydrogens (tertiary/aromatic N) is 1. The molecule has 1 nitrogen and oxygen atoms in total. The third-order valence-electron chi connectivity index (χ3n) is 4.12. The molecule has 20 heavy (non-hydrogen) atoms. The molecule has 1 fully saturated rings. The molecule has 1 aromatic heterocycles. The van der Waals surface area contributed by atoms with Gasteiger partial charge in [-0.25, -0.2) is 0 Å². The van der Waals surface area contributed by atoms with E-state index in [1.807, 2.05) is 19.1 Å². The van der Waals surface area contributed by atoms with E-state index >= 15 is 0 Å². The van der Waals surface area contributed by atoms with E-state index in [1.165, 1.54) is 0 Å². The molecule has 0 aliphatic heterocycles. The van der Waals surface area contributed by atoms with Crippen LogP contribution in [0.1, 0.15) is 36.9 Å². The molecule has 2 rings (SSSR count). The summed E-state index contributed by atoms with van der Waals surface area (Å²) < 4.78 is 37.8. The minimum atomic E-state index is -4.05. The average Bonchev–Trinajstić information content (AvgIpc) is 2.40. The Balaban J connectivity index is 1.85. The van der Waals surface area contributed by atoms with Gasteiger partial charge in [-0.15, -0.1) is 11.6 Å². The molecule has 1 saturated carbocycles. The number of aryl methyl sites for hydroxylation is 1. The zero-order valence-electron chi connectivity index (χ0n) is 11.5. The van der Waals surface area contributed by atoms with Gasteiger partial charge in [0.05, 0.1) is 5.92 Å². The quantitative estimate of drug-likeness (QED) is 0.723. The highest BCUT2D eigenvalue weighted by Gasteiger charge is 2.42. The Kier molecular flexibility index (Phi) is 4.95. The summed E-state index contributed by atoms with van der Waals surface area (Å²) in [6, 6.07) is 3.92. The van der Waals surface area contributed by atoms with E-state index in [0.717, 1.165) is 11.3 Å². The van der Waals surface area contributed by atoms with Gasteiger partial charge in [0.15, 0.2) is 0 Å². The summed E-state index contributed by atoms with van der Waals surface area (Å²) in [6.45, 7) is 1.97. The third-order valence-corrected chi connectivity index (χ3v) is 4.63. The second-order valence-electron chi connectivity index (χ2n) is 5.70. The summed E-state index contributed by atoms with van der Waals surface area (Å²) in [4.78, 5) is 4.30. The van der Waals surface area contributed by atoms with E-state index in [4.69, 9.17) is 11.6 Å². The number of hydrogen-bond acceptors (Lipinski definition) is 1. The lowest BCUT2D eigenvalue weighted by molar-refractivity contribution is -0.183. The topological polar surface area (TPSA) is 12.9 Å². The molecule has 0 spiro atoms. The Morgan fingerprint density at radius 2 is 1.90 bits per heavy atom. The molecule has 0 saturated heterocycles. The molecular weight excluding hydrogens is 287 g/mol. The van der Waals surface area contributed by atoms with Crippen LogP contribution in [-0.4, -0.2) is 16.5 Å². The number of halogens is 4. The molecule has 0 amide bonds. The first-order valence-electron chi connectivity index (χ1n) is 6.98. The molecule has 5 heteroatoms. The molecular formula is C15H19ClF3N. The zero-order chi connectivity index (χ0) is 14.8. The zero-order valence-corrected chi connectivity index (χ0v) is 12.2. The van der Waals surface area contributed by atoms with Crippen LogP contribution in [0.2, 0.25) is 0 Å². The van der Waals surface area contributed by atoms with Crippen molar-refractivity contribution < 1.29 is 13.2 Å². The maximum Gasteiger partial charge on any atom is 0.391 e. The van der Waals surface area contributed by atoms with Crippen molar-refractivity contribution in [2.75, 3.05) is 0 Å². The third kappa shape index (κ3) is 4.11. The van der Waals surface area contributed by atoms with Crippen LogP contribution >= 0.6 is 11.6 Å². The van der Waals surface area contributed by atoms with Gasteiger partial charge in [0.25, 0.3) is 0 Å². The minimum Gasteiger partial charge on any atom is -0.261 e. The van der Waals surface area contributed by atoms with Crippen LogP contribution < -0.4 is 0 Å². The lowest BCUT2D eigenvalue weighted by Gasteiger charge is -2.32. The van der Waals surface area contributed by atoms with E-state index < -0.39 is 12.1 Å². The molecule has 1 unspecified atom stereocenters. The van der Waals surface area contributed by atoms with E-state index in [0.29, 0.717) is 19.3 Å². The van der Waals surface area contributed by atoms with Crippen LogP contribution in [-0.2, 0) is 6.42 Å². The number of hydrogen-bond donors (Lipinski definition) is 0. The van der Waals surface area contributed by atoms with Gasteiger partial charge in [0.2, 0.25) is 0 Å². The highest BCUT2D eigenvalue weighted by molar-refractivity contribution is 6.20. The van der Waals surface area contributed by atoms with Crippen molar-refractivity contribution in [2.45, 2.75) is 50.6 Å². The Hall–Kier alpha value is -0.770. The van der Waals surface area contributed by atoms with E-state index in [9.17, 15) is 13.2 Å². The SMILES string of the molecule is Cc1ccc(CC(Cl)C2CCC(C(F)(F)F)CC2)nc1. The molecule has 112 valence electrons. The first-order valence-corrected chi connectivity index (χ1v) is 7.42. The molecule has 1 aliphatic carbocycles. The van der Waals surface area contributed by atoms with Crippen LogP contribution in [0.5, 0.6) is 0 Å². The van der Waals surface area contributed by atoms with Crippen LogP contribution in [0.15, 0.2) is 18.3 Å². The molecule has 0 aromatic carbocycles. The van der Waals surface area contributed by atoms with Crippen molar-refractivity contribution >= 4 is 11.6 Å². The second-order valence-corrected chi connectivity index (χ2v) is 6.26. The molecule has 0 bridgehead atoms. The second kappa shape index (κ2) is 6.33. The average molecular weight is 306 g/mol. The summed E-state index contributed by atoms with van der Waals surface area (Å²) in [7, 11) is 0. The minimum absolute atomic E-state index is 0.126. The van der Waals surface area contributed by atoms with Gasteiger partial charge in [-0.2, -0.15) is 13.2 Å². The van der Waals surface area contributed by atoms with Gasteiger partial charge < -0.3 is 0 Å². The molecule has 1 heterocycles. The van der Waals surface area contributed by atoms with Gasteiger partial charge >= 0.3 is 6.18 Å². The molecule has 0 radical (unpaired) electrons. The van der Waals surface area contributed by atoms with Gasteiger partial charge in [-0.1, -0.05) is 6.07 Å². The van der Waals surface area contributed by atoms with Crippen molar-refractivity contribution in [2.24, 2.45) is 11.8 Å². The predicted octanol–water partition coefficient (Wildman–Crippen LogP) is 4.91. The molecule has 0 N–H and O–H groups in total. The lowest BCUT2D eigenvalue weighted by atomic mass is 9.79. The first-order chi connectivity index (χ1) is 9.36. The van der Waals surface area contributed by atoms with Crippen LogP contribution in [0.25, 0.3) is 0 Å². The summed E-state index contributed by atoms with van der Waals surface area (Å²) in [5.74, 6) is -0.974. The van der Waals surface area contributed by atoms with Crippen molar-refractivity contribution in [3.05, 3.63) is 29.6 Å². The number of pyridine rings is 1. The van der Waals surface area contributed by atoms with Gasteiger partial charge in [-0.3, -0.25) is 4.98 Å². The normalized spacial score (nSPS) is 25.4. The maximum absolute atomic E-state index is 12.6. The summed E-state index contributed by atoms with van der Waals surface area (Å²) in [5, 5.41) is -0.126. The lowest BCUT2D eigenvalue weighted by Crippen LogP contribution is -2.31. The standard InChI is InChI=1S/C15H19ClF3N/c1-10-2-7-13(20-9-10)8-14(16)11-3-5-12(6-4-11)15(17,18)19/h2,7,9,11-12,14H,3-6,8H2,1H3. The fourth-order valence-corrected chi connectivity index (χ4v) is 3.20. The largest absolute Gasteiger partial charge is 0.391 e. The van der Waals surface area contributed by atoms with E-state index in [2.05, 4.69) is 4.98 Å². The summed E-state index contributed by atoms with van der Waals surface area (Å²) in [6.07, 6.45) is -0.0974. The van der Waals surface area contributed by atoms with Gasteiger partial charge in [0, 0.05) is 23.7 Å². The Bertz CT molecular complexity index is 422. The number of aromatic nitrogens is 1. The Labute approximate surface area is 122 Å². The van der Waals surface area contributed by atoms with E-state index in [1.54, 1.807) is 6.20 Å². The van der Waals surface area contributed by atoms with Crippen LogP contribution in [0, 0.1) is 18.8 Å².